The Balaban J connectivity index is 2.01. The summed E-state index contributed by atoms with van der Waals surface area (Å²) in [4.78, 5) is 10.8. The lowest BCUT2D eigenvalue weighted by Gasteiger charge is -2.13. The number of carboxylic acid groups (broad SMARTS) is 1. The van der Waals surface area contributed by atoms with Gasteiger partial charge in [0.2, 0.25) is 0 Å². The third-order valence-corrected chi connectivity index (χ3v) is 3.76. The van der Waals surface area contributed by atoms with Crippen LogP contribution < -0.4 is 0 Å². The molecule has 1 aliphatic rings. The first-order chi connectivity index (χ1) is 8.52. The summed E-state index contributed by atoms with van der Waals surface area (Å²) in [5, 5.41) is 18.2. The first kappa shape index (κ1) is 13.1. The van der Waals surface area contributed by atoms with Crippen molar-refractivity contribution in [2.75, 3.05) is 0 Å². The van der Waals surface area contributed by atoms with Gasteiger partial charge in [-0.1, -0.05) is 24.3 Å². The number of hydrogen-bond donors (Lipinski definition) is 2. The van der Waals surface area contributed by atoms with Gasteiger partial charge in [-0.25, -0.2) is 0 Å². The lowest BCUT2D eigenvalue weighted by atomic mass is 9.91. The minimum absolute atomic E-state index is 0.103. The van der Waals surface area contributed by atoms with Crippen molar-refractivity contribution < 1.29 is 15.0 Å². The summed E-state index contributed by atoms with van der Waals surface area (Å²) >= 11 is 0. The molecule has 0 spiro atoms. The van der Waals surface area contributed by atoms with Gasteiger partial charge in [0.25, 0.3) is 0 Å². The zero-order valence-electron chi connectivity index (χ0n) is 10.7. The number of aliphatic hydroxyl groups is 1. The van der Waals surface area contributed by atoms with Crippen molar-refractivity contribution in [1.29, 1.82) is 0 Å². The predicted molar refractivity (Wildman–Crippen MR) is 69.6 cm³/mol. The summed E-state index contributed by atoms with van der Waals surface area (Å²) in [5.74, 6) is -0.717. The molecule has 0 aromatic heterocycles. The van der Waals surface area contributed by atoms with Gasteiger partial charge in [0.1, 0.15) is 0 Å². The molecule has 1 aromatic rings. The van der Waals surface area contributed by atoms with Gasteiger partial charge >= 0.3 is 5.97 Å². The number of rotatable bonds is 6. The van der Waals surface area contributed by atoms with Crippen LogP contribution in [0.2, 0.25) is 0 Å². The van der Waals surface area contributed by atoms with E-state index in [1.165, 1.54) is 5.56 Å². The van der Waals surface area contributed by atoms with Crippen molar-refractivity contribution in [2.45, 2.75) is 50.5 Å². The van der Waals surface area contributed by atoms with E-state index < -0.39 is 5.97 Å². The van der Waals surface area contributed by atoms with Gasteiger partial charge in [-0.15, -0.1) is 0 Å². The molecule has 98 valence electrons. The molecule has 3 heteroatoms. The van der Waals surface area contributed by atoms with Crippen LogP contribution >= 0.6 is 0 Å². The van der Waals surface area contributed by atoms with Crippen molar-refractivity contribution in [2.24, 2.45) is 0 Å². The van der Waals surface area contributed by atoms with Gasteiger partial charge in [0.15, 0.2) is 0 Å². The van der Waals surface area contributed by atoms with Crippen molar-refractivity contribution in [3.05, 3.63) is 35.4 Å². The molecule has 2 rings (SSSR count). The maximum atomic E-state index is 10.8. The third kappa shape index (κ3) is 3.10. The second-order valence-corrected chi connectivity index (χ2v) is 5.44. The normalized spacial score (nSPS) is 18.3. The van der Waals surface area contributed by atoms with Gasteiger partial charge < -0.3 is 10.2 Å². The molecule has 18 heavy (non-hydrogen) atoms. The number of benzene rings is 1. The van der Waals surface area contributed by atoms with Gasteiger partial charge in [0.05, 0.1) is 12.5 Å². The zero-order valence-corrected chi connectivity index (χ0v) is 10.7. The van der Waals surface area contributed by atoms with E-state index in [2.05, 4.69) is 12.1 Å². The highest BCUT2D eigenvalue weighted by Gasteiger charge is 2.45. The Morgan fingerprint density at radius 1 is 1.33 bits per heavy atom. The molecule has 0 heterocycles. The van der Waals surface area contributed by atoms with Crippen LogP contribution in [0.25, 0.3) is 0 Å². The Hall–Kier alpha value is -1.35. The molecule has 1 aromatic carbocycles. The number of aryl methyl sites for hydroxylation is 1. The molecule has 1 atom stereocenters. The largest absolute Gasteiger partial charge is 0.481 e. The lowest BCUT2D eigenvalue weighted by molar-refractivity contribution is -0.137. The quantitative estimate of drug-likeness (QED) is 0.813. The summed E-state index contributed by atoms with van der Waals surface area (Å²) in [6.07, 6.45) is 3.55. The molecule has 0 radical (unpaired) electrons. The van der Waals surface area contributed by atoms with E-state index in [1.807, 2.05) is 12.1 Å². The SMILES string of the molecule is CC(O)CCc1ccc(C2(CC(=O)O)CC2)cc1. The Labute approximate surface area is 107 Å². The van der Waals surface area contributed by atoms with Crippen LogP contribution in [0.5, 0.6) is 0 Å². The number of aliphatic hydroxyl groups excluding tert-OH is 1. The summed E-state index contributed by atoms with van der Waals surface area (Å²) in [7, 11) is 0. The molecular weight excluding hydrogens is 228 g/mol. The van der Waals surface area contributed by atoms with Crippen LogP contribution in [0.3, 0.4) is 0 Å². The smallest absolute Gasteiger partial charge is 0.304 e. The van der Waals surface area contributed by atoms with Crippen LogP contribution in [0.1, 0.15) is 43.7 Å². The molecule has 1 fully saturated rings. The van der Waals surface area contributed by atoms with Gasteiger partial charge in [-0.05, 0) is 43.7 Å². The molecule has 1 saturated carbocycles. The summed E-state index contributed by atoms with van der Waals surface area (Å²) < 4.78 is 0. The molecule has 0 aliphatic heterocycles. The third-order valence-electron chi connectivity index (χ3n) is 3.76. The number of carbonyl (C=O) groups is 1. The minimum atomic E-state index is -0.717. The summed E-state index contributed by atoms with van der Waals surface area (Å²) in [5.41, 5.74) is 2.24. The van der Waals surface area contributed by atoms with Gasteiger partial charge in [-0.2, -0.15) is 0 Å². The van der Waals surface area contributed by atoms with Crippen LogP contribution in [0.4, 0.5) is 0 Å². The topological polar surface area (TPSA) is 57.5 Å². The Bertz CT molecular complexity index is 416. The molecular formula is C15H20O3. The second-order valence-electron chi connectivity index (χ2n) is 5.44. The fourth-order valence-corrected chi connectivity index (χ4v) is 2.41. The number of carboxylic acids is 1. The highest BCUT2D eigenvalue weighted by molar-refractivity contribution is 5.70. The highest BCUT2D eigenvalue weighted by atomic mass is 16.4. The van der Waals surface area contributed by atoms with Crippen molar-refractivity contribution in [3.63, 3.8) is 0 Å². The van der Waals surface area contributed by atoms with Crippen molar-refractivity contribution in [1.82, 2.24) is 0 Å². The number of aliphatic carboxylic acids is 1. The average Bonchev–Trinajstić information content (AvgIpc) is 3.07. The van der Waals surface area contributed by atoms with Crippen molar-refractivity contribution >= 4 is 5.97 Å². The van der Waals surface area contributed by atoms with E-state index in [0.29, 0.717) is 0 Å². The summed E-state index contributed by atoms with van der Waals surface area (Å²) in [6, 6.07) is 8.21. The van der Waals surface area contributed by atoms with E-state index in [-0.39, 0.29) is 17.9 Å². The Morgan fingerprint density at radius 2 is 1.94 bits per heavy atom. The molecule has 1 unspecified atom stereocenters. The van der Waals surface area contributed by atoms with Gasteiger partial charge in [-0.3, -0.25) is 4.79 Å². The highest BCUT2D eigenvalue weighted by Crippen LogP contribution is 2.50. The van der Waals surface area contributed by atoms with E-state index in [1.54, 1.807) is 6.92 Å². The van der Waals surface area contributed by atoms with Crippen LogP contribution in [0, 0.1) is 0 Å². The van der Waals surface area contributed by atoms with Crippen LogP contribution in [0.15, 0.2) is 24.3 Å². The molecule has 1 aliphatic carbocycles. The monoisotopic (exact) mass is 248 g/mol. The molecule has 0 saturated heterocycles. The predicted octanol–water partition coefficient (Wildman–Crippen LogP) is 2.51. The molecule has 0 amide bonds. The maximum Gasteiger partial charge on any atom is 0.304 e. The molecule has 0 bridgehead atoms. The zero-order chi connectivity index (χ0) is 13.2. The first-order valence-electron chi connectivity index (χ1n) is 6.51. The van der Waals surface area contributed by atoms with E-state index in [0.717, 1.165) is 31.2 Å². The van der Waals surface area contributed by atoms with Gasteiger partial charge in [0, 0.05) is 5.41 Å². The van der Waals surface area contributed by atoms with E-state index in [9.17, 15) is 9.90 Å². The standard InChI is InChI=1S/C15H20O3/c1-11(16)2-3-12-4-6-13(7-5-12)15(8-9-15)10-14(17)18/h4-7,11,16H,2-3,8-10H2,1H3,(H,17,18). The minimum Gasteiger partial charge on any atom is -0.481 e. The lowest BCUT2D eigenvalue weighted by Crippen LogP contribution is -2.12. The van der Waals surface area contributed by atoms with Crippen molar-refractivity contribution in [3.8, 4) is 0 Å². The fourth-order valence-electron chi connectivity index (χ4n) is 2.41. The van der Waals surface area contributed by atoms with Crippen LogP contribution in [-0.2, 0) is 16.6 Å². The molecule has 2 N–H and O–H groups in total. The Kier molecular flexibility index (Phi) is 3.71. The second kappa shape index (κ2) is 5.11. The number of hydrogen-bond acceptors (Lipinski definition) is 2. The maximum absolute atomic E-state index is 10.8. The fraction of sp³-hybridized carbons (Fsp3) is 0.533. The summed E-state index contributed by atoms with van der Waals surface area (Å²) in [6.45, 7) is 1.79. The average molecular weight is 248 g/mol. The van der Waals surface area contributed by atoms with Crippen LogP contribution in [-0.4, -0.2) is 22.3 Å². The molecule has 3 nitrogen and oxygen atoms in total. The van der Waals surface area contributed by atoms with E-state index >= 15 is 0 Å². The van der Waals surface area contributed by atoms with E-state index in [4.69, 9.17) is 5.11 Å². The first-order valence-corrected chi connectivity index (χ1v) is 6.51. The Morgan fingerprint density at radius 3 is 2.39 bits per heavy atom.